The molecule has 0 aromatic heterocycles. The molecule has 0 radical (unpaired) electrons. The molecular weight excluding hydrogens is 216 g/mol. The number of nitriles is 1. The summed E-state index contributed by atoms with van der Waals surface area (Å²) in [7, 11) is 0. The summed E-state index contributed by atoms with van der Waals surface area (Å²) in [4.78, 5) is 11.5. The Bertz CT molecular complexity index is 473. The van der Waals surface area contributed by atoms with Gasteiger partial charge in [0.2, 0.25) is 0 Å². The van der Waals surface area contributed by atoms with Crippen molar-refractivity contribution >= 4 is 17.7 Å². The number of nitrogen functional groups attached to an aromatic ring is 1. The smallest absolute Gasteiger partial charge is 0.338 e. The third-order valence-corrected chi connectivity index (χ3v) is 2.10. The number of ether oxygens (including phenoxy) is 1. The molecule has 0 saturated carbocycles. The molecule has 4 heteroatoms. The summed E-state index contributed by atoms with van der Waals surface area (Å²) in [6.07, 6.45) is 3.73. The molecule has 0 unspecified atom stereocenters. The number of hydrogen-bond acceptors (Lipinski definition) is 4. The third-order valence-electron chi connectivity index (χ3n) is 2.10. The van der Waals surface area contributed by atoms with Crippen LogP contribution in [0.2, 0.25) is 0 Å². The van der Waals surface area contributed by atoms with Crippen molar-refractivity contribution in [3.8, 4) is 6.07 Å². The Morgan fingerprint density at radius 2 is 2.35 bits per heavy atom. The lowest BCUT2D eigenvalue weighted by Gasteiger charge is -2.05. The second-order valence-electron chi connectivity index (χ2n) is 3.33. The fourth-order valence-electron chi connectivity index (χ4n) is 1.30. The molecule has 0 heterocycles. The van der Waals surface area contributed by atoms with Crippen LogP contribution in [0.3, 0.4) is 0 Å². The number of esters is 1. The van der Waals surface area contributed by atoms with E-state index in [0.717, 1.165) is 0 Å². The quantitative estimate of drug-likeness (QED) is 0.636. The molecule has 0 aliphatic carbocycles. The standard InChI is InChI=1S/C13H14N2O2/c1-2-17-13(16)11-6-7-12(15)10(9-11)5-3-4-8-14/h3,5-7,9H,2,4,15H2,1H3. The molecule has 0 atom stereocenters. The third kappa shape index (κ3) is 3.65. The van der Waals surface area contributed by atoms with E-state index in [1.54, 1.807) is 37.3 Å². The molecule has 0 amide bonds. The van der Waals surface area contributed by atoms with Crippen molar-refractivity contribution < 1.29 is 9.53 Å². The topological polar surface area (TPSA) is 76.1 Å². The van der Waals surface area contributed by atoms with Gasteiger partial charge in [-0.1, -0.05) is 12.2 Å². The van der Waals surface area contributed by atoms with E-state index >= 15 is 0 Å². The molecule has 17 heavy (non-hydrogen) atoms. The number of benzene rings is 1. The van der Waals surface area contributed by atoms with E-state index in [9.17, 15) is 4.79 Å². The van der Waals surface area contributed by atoms with Crippen LogP contribution in [0.25, 0.3) is 6.08 Å². The van der Waals surface area contributed by atoms with Gasteiger partial charge in [-0.15, -0.1) is 0 Å². The first kappa shape index (κ1) is 12.8. The predicted molar refractivity (Wildman–Crippen MR) is 66.1 cm³/mol. The summed E-state index contributed by atoms with van der Waals surface area (Å²) in [5, 5.41) is 8.42. The summed E-state index contributed by atoms with van der Waals surface area (Å²) in [6.45, 7) is 2.09. The molecule has 2 N–H and O–H groups in total. The Labute approximate surface area is 100 Å². The highest BCUT2D eigenvalue weighted by Gasteiger charge is 2.07. The van der Waals surface area contributed by atoms with E-state index in [2.05, 4.69) is 0 Å². The maximum atomic E-state index is 11.5. The van der Waals surface area contributed by atoms with E-state index in [1.165, 1.54) is 0 Å². The Balaban J connectivity index is 2.94. The number of rotatable bonds is 4. The van der Waals surface area contributed by atoms with Crippen LogP contribution >= 0.6 is 0 Å². The van der Waals surface area contributed by atoms with Crippen LogP contribution < -0.4 is 5.73 Å². The molecule has 0 bridgehead atoms. The number of allylic oxidation sites excluding steroid dienone is 1. The zero-order valence-electron chi connectivity index (χ0n) is 9.64. The van der Waals surface area contributed by atoms with Gasteiger partial charge in [-0.05, 0) is 30.7 Å². The lowest BCUT2D eigenvalue weighted by Crippen LogP contribution is -2.05. The van der Waals surface area contributed by atoms with E-state index in [-0.39, 0.29) is 5.97 Å². The molecule has 88 valence electrons. The Morgan fingerprint density at radius 1 is 1.59 bits per heavy atom. The average Bonchev–Trinajstić information content (AvgIpc) is 2.32. The molecule has 4 nitrogen and oxygen atoms in total. The molecule has 1 aromatic rings. The predicted octanol–water partition coefficient (Wildman–Crippen LogP) is 2.37. The van der Waals surface area contributed by atoms with Crippen molar-refractivity contribution in [2.24, 2.45) is 0 Å². The highest BCUT2D eigenvalue weighted by molar-refractivity contribution is 5.91. The maximum absolute atomic E-state index is 11.5. The number of nitrogens with two attached hydrogens (primary N) is 1. The van der Waals surface area contributed by atoms with Gasteiger partial charge in [0.15, 0.2) is 0 Å². The van der Waals surface area contributed by atoms with Crippen LogP contribution in [-0.2, 0) is 4.74 Å². The highest BCUT2D eigenvalue weighted by Crippen LogP contribution is 2.16. The Kier molecular flexibility index (Phi) is 4.77. The van der Waals surface area contributed by atoms with Crippen molar-refractivity contribution in [3.05, 3.63) is 35.4 Å². The van der Waals surface area contributed by atoms with E-state index in [0.29, 0.717) is 29.8 Å². The molecule has 0 aliphatic rings. The number of hydrogen-bond donors (Lipinski definition) is 1. The molecular formula is C13H14N2O2. The summed E-state index contributed by atoms with van der Waals surface area (Å²) in [5.41, 5.74) is 7.49. The molecule has 0 fully saturated rings. The van der Waals surface area contributed by atoms with Gasteiger partial charge in [-0.25, -0.2) is 4.79 Å². The summed E-state index contributed by atoms with van der Waals surface area (Å²) in [6, 6.07) is 6.92. The van der Waals surface area contributed by atoms with Crippen LogP contribution in [-0.4, -0.2) is 12.6 Å². The molecule has 0 saturated heterocycles. The number of carbonyl (C=O) groups is 1. The van der Waals surface area contributed by atoms with Gasteiger partial charge in [0.1, 0.15) is 0 Å². The second-order valence-corrected chi connectivity index (χ2v) is 3.33. The molecule has 0 aliphatic heterocycles. The number of anilines is 1. The lowest BCUT2D eigenvalue weighted by molar-refractivity contribution is 0.0526. The van der Waals surface area contributed by atoms with Gasteiger partial charge < -0.3 is 10.5 Å². The Morgan fingerprint density at radius 3 is 3.00 bits per heavy atom. The normalized spacial score (nSPS) is 10.1. The van der Waals surface area contributed by atoms with Gasteiger partial charge in [0, 0.05) is 5.69 Å². The zero-order valence-corrected chi connectivity index (χ0v) is 9.64. The van der Waals surface area contributed by atoms with E-state index in [1.807, 2.05) is 6.07 Å². The van der Waals surface area contributed by atoms with Gasteiger partial charge in [-0.2, -0.15) is 5.26 Å². The van der Waals surface area contributed by atoms with Gasteiger partial charge in [-0.3, -0.25) is 0 Å². The molecule has 1 rings (SSSR count). The van der Waals surface area contributed by atoms with Crippen molar-refractivity contribution in [2.75, 3.05) is 12.3 Å². The number of nitrogens with zero attached hydrogens (tertiary/aromatic N) is 1. The van der Waals surface area contributed by atoms with Crippen molar-refractivity contribution in [1.29, 1.82) is 5.26 Å². The van der Waals surface area contributed by atoms with E-state index in [4.69, 9.17) is 15.7 Å². The van der Waals surface area contributed by atoms with Gasteiger partial charge in [0.25, 0.3) is 0 Å². The van der Waals surface area contributed by atoms with Crippen molar-refractivity contribution in [2.45, 2.75) is 13.3 Å². The molecule has 1 aromatic carbocycles. The SMILES string of the molecule is CCOC(=O)c1ccc(N)c(C=CCC#N)c1. The molecule has 0 spiro atoms. The first-order valence-corrected chi connectivity index (χ1v) is 5.29. The number of carbonyl (C=O) groups excluding carboxylic acids is 1. The minimum atomic E-state index is -0.373. The van der Waals surface area contributed by atoms with Gasteiger partial charge >= 0.3 is 5.97 Å². The van der Waals surface area contributed by atoms with Crippen LogP contribution in [0.1, 0.15) is 29.3 Å². The summed E-state index contributed by atoms with van der Waals surface area (Å²) < 4.78 is 4.89. The van der Waals surface area contributed by atoms with Crippen LogP contribution in [0, 0.1) is 11.3 Å². The summed E-state index contributed by atoms with van der Waals surface area (Å²) in [5.74, 6) is -0.373. The fourth-order valence-corrected chi connectivity index (χ4v) is 1.30. The van der Waals surface area contributed by atoms with Crippen LogP contribution in [0.5, 0.6) is 0 Å². The second kappa shape index (κ2) is 6.33. The van der Waals surface area contributed by atoms with Crippen molar-refractivity contribution in [3.63, 3.8) is 0 Å². The van der Waals surface area contributed by atoms with Crippen molar-refractivity contribution in [1.82, 2.24) is 0 Å². The van der Waals surface area contributed by atoms with Gasteiger partial charge in [0.05, 0.1) is 24.7 Å². The highest BCUT2D eigenvalue weighted by atomic mass is 16.5. The Hall–Kier alpha value is -2.28. The largest absolute Gasteiger partial charge is 0.462 e. The van der Waals surface area contributed by atoms with Crippen LogP contribution in [0.4, 0.5) is 5.69 Å². The zero-order chi connectivity index (χ0) is 12.7. The minimum absolute atomic E-state index is 0.309. The maximum Gasteiger partial charge on any atom is 0.338 e. The van der Waals surface area contributed by atoms with Crippen LogP contribution in [0.15, 0.2) is 24.3 Å². The average molecular weight is 230 g/mol. The lowest BCUT2D eigenvalue weighted by atomic mass is 10.1. The first-order valence-electron chi connectivity index (χ1n) is 5.29. The first-order chi connectivity index (χ1) is 8.19. The fraction of sp³-hybridized carbons (Fsp3) is 0.231. The summed E-state index contributed by atoms with van der Waals surface area (Å²) >= 11 is 0. The monoisotopic (exact) mass is 230 g/mol. The minimum Gasteiger partial charge on any atom is -0.462 e. The van der Waals surface area contributed by atoms with E-state index < -0.39 is 0 Å².